The maximum absolute atomic E-state index is 13.5. The Labute approximate surface area is 246 Å². The van der Waals surface area contributed by atoms with E-state index in [1.807, 2.05) is 72.8 Å². The fourth-order valence-corrected chi connectivity index (χ4v) is 6.37. The molecule has 0 N–H and O–H groups in total. The van der Waals surface area contributed by atoms with Gasteiger partial charge in [0.25, 0.3) is 0 Å². The average molecular weight is 645 g/mol. The lowest BCUT2D eigenvalue weighted by molar-refractivity contribution is 0.103. The van der Waals surface area contributed by atoms with Gasteiger partial charge in [-0.05, 0) is 68.5 Å². The Hall–Kier alpha value is -3.02. The van der Waals surface area contributed by atoms with Crippen LogP contribution in [0.2, 0.25) is 0 Å². The van der Waals surface area contributed by atoms with Crippen molar-refractivity contribution in [2.24, 2.45) is 5.92 Å². The summed E-state index contributed by atoms with van der Waals surface area (Å²) in [6.45, 7) is 5.37. The lowest BCUT2D eigenvalue weighted by Crippen LogP contribution is -2.10. The minimum Gasteiger partial charge on any atom is -0.340 e. The molecule has 0 saturated heterocycles. The third-order valence-electron chi connectivity index (χ3n) is 7.59. The second-order valence-electron chi connectivity index (χ2n) is 10.1. The van der Waals surface area contributed by atoms with Gasteiger partial charge in [-0.3, -0.25) is 9.59 Å². The number of hydrogen-bond acceptors (Lipinski definition) is 2. The van der Waals surface area contributed by atoms with E-state index >= 15 is 0 Å². The highest BCUT2D eigenvalue weighted by molar-refractivity contribution is 9.10. The first-order valence-corrected chi connectivity index (χ1v) is 15.2. The number of benzene rings is 4. The fraction of sp³-hybridized carbons (Fsp3) is 0.235. The SMILES string of the molecule is CCCCC(CC)Cn1c2cc(Br)c(C(=O)c3ccccc3)cc2c2cc(C(=O)c3ccccc3)c(Br)cc21. The van der Waals surface area contributed by atoms with Crippen LogP contribution in [0.3, 0.4) is 0 Å². The van der Waals surface area contributed by atoms with Gasteiger partial charge in [-0.15, -0.1) is 0 Å². The number of carbonyl (C=O) groups is 2. The molecular formula is C34H31Br2NO2. The van der Waals surface area contributed by atoms with Crippen LogP contribution in [0.15, 0.2) is 93.9 Å². The fourth-order valence-electron chi connectivity index (χ4n) is 5.34. The van der Waals surface area contributed by atoms with Crippen molar-refractivity contribution in [2.75, 3.05) is 0 Å². The van der Waals surface area contributed by atoms with Crippen molar-refractivity contribution in [3.8, 4) is 0 Å². The molecule has 0 aliphatic heterocycles. The third kappa shape index (κ3) is 5.53. The predicted octanol–water partition coefficient (Wildman–Crippen LogP) is 10.00. The Kier molecular flexibility index (Phi) is 8.49. The number of fused-ring (bicyclic) bond motifs is 3. The van der Waals surface area contributed by atoms with Crippen LogP contribution in [0.1, 0.15) is 71.4 Å². The maximum atomic E-state index is 13.5. The van der Waals surface area contributed by atoms with Gasteiger partial charge in [0, 0.05) is 48.5 Å². The topological polar surface area (TPSA) is 39.1 Å². The molecule has 1 aromatic heterocycles. The van der Waals surface area contributed by atoms with E-state index in [0.29, 0.717) is 28.2 Å². The number of carbonyl (C=O) groups excluding carboxylic acids is 2. The van der Waals surface area contributed by atoms with E-state index in [2.05, 4.69) is 62.4 Å². The number of halogens is 2. The standard InChI is InChI=1S/C34H31Br2NO2/c1-3-5-12-22(4-2)21-37-31-19-29(35)27(33(38)23-13-8-6-9-14-23)17-25(31)26-18-28(30(36)20-32(26)37)34(39)24-15-10-7-11-16-24/h6-11,13-20,22H,3-5,12,21H2,1-2H3. The molecule has 0 radical (unpaired) electrons. The second kappa shape index (κ2) is 12.0. The first-order chi connectivity index (χ1) is 18.9. The Balaban J connectivity index is 1.73. The van der Waals surface area contributed by atoms with Crippen molar-refractivity contribution < 1.29 is 9.59 Å². The summed E-state index contributed by atoms with van der Waals surface area (Å²) in [7, 11) is 0. The molecule has 1 unspecified atom stereocenters. The number of unbranched alkanes of at least 4 members (excludes halogenated alkanes) is 1. The maximum Gasteiger partial charge on any atom is 0.194 e. The molecule has 1 atom stereocenters. The van der Waals surface area contributed by atoms with Gasteiger partial charge in [-0.25, -0.2) is 0 Å². The van der Waals surface area contributed by atoms with Gasteiger partial charge in [0.1, 0.15) is 0 Å². The van der Waals surface area contributed by atoms with Gasteiger partial charge in [-0.2, -0.15) is 0 Å². The van der Waals surface area contributed by atoms with Gasteiger partial charge in [0.15, 0.2) is 11.6 Å². The zero-order valence-corrected chi connectivity index (χ0v) is 25.4. The Morgan fingerprint density at radius 1 is 0.718 bits per heavy atom. The van der Waals surface area contributed by atoms with Gasteiger partial charge in [0.2, 0.25) is 0 Å². The van der Waals surface area contributed by atoms with Gasteiger partial charge in [0.05, 0.1) is 11.0 Å². The Morgan fingerprint density at radius 2 is 1.18 bits per heavy atom. The monoisotopic (exact) mass is 643 g/mol. The van der Waals surface area contributed by atoms with Crippen molar-refractivity contribution in [3.63, 3.8) is 0 Å². The van der Waals surface area contributed by atoms with Crippen LogP contribution in [0.5, 0.6) is 0 Å². The summed E-state index contributed by atoms with van der Waals surface area (Å²) in [4.78, 5) is 27.0. The van der Waals surface area contributed by atoms with Crippen LogP contribution < -0.4 is 0 Å². The smallest absolute Gasteiger partial charge is 0.194 e. The van der Waals surface area contributed by atoms with E-state index < -0.39 is 0 Å². The van der Waals surface area contributed by atoms with Crippen molar-refractivity contribution in [1.82, 2.24) is 4.57 Å². The highest BCUT2D eigenvalue weighted by Crippen LogP contribution is 2.38. The summed E-state index contributed by atoms with van der Waals surface area (Å²) < 4.78 is 3.92. The molecule has 3 nitrogen and oxygen atoms in total. The van der Waals surface area contributed by atoms with E-state index in [0.717, 1.165) is 43.7 Å². The first kappa shape index (κ1) is 27.5. The number of aromatic nitrogens is 1. The highest BCUT2D eigenvalue weighted by atomic mass is 79.9. The van der Waals surface area contributed by atoms with Gasteiger partial charge >= 0.3 is 0 Å². The molecule has 0 fully saturated rings. The molecule has 198 valence electrons. The van der Waals surface area contributed by atoms with E-state index in [-0.39, 0.29) is 11.6 Å². The summed E-state index contributed by atoms with van der Waals surface area (Å²) in [5.41, 5.74) is 4.65. The van der Waals surface area contributed by atoms with Crippen LogP contribution in [-0.2, 0) is 6.54 Å². The summed E-state index contributed by atoms with van der Waals surface area (Å²) in [6, 6.07) is 26.8. The minimum atomic E-state index is -0.0302. The number of rotatable bonds is 10. The van der Waals surface area contributed by atoms with Gasteiger partial charge < -0.3 is 4.57 Å². The van der Waals surface area contributed by atoms with E-state index in [1.165, 1.54) is 19.3 Å². The van der Waals surface area contributed by atoms with E-state index in [9.17, 15) is 9.59 Å². The number of ketones is 2. The summed E-state index contributed by atoms with van der Waals surface area (Å²) in [5.74, 6) is 0.479. The second-order valence-corrected chi connectivity index (χ2v) is 11.8. The molecule has 4 aromatic carbocycles. The molecule has 5 rings (SSSR count). The summed E-state index contributed by atoms with van der Waals surface area (Å²) in [6.07, 6.45) is 4.65. The molecule has 1 heterocycles. The quantitative estimate of drug-likeness (QED) is 0.142. The van der Waals surface area contributed by atoms with Crippen LogP contribution in [-0.4, -0.2) is 16.1 Å². The zero-order chi connectivity index (χ0) is 27.5. The number of nitrogens with zero attached hydrogens (tertiary/aromatic N) is 1. The average Bonchev–Trinajstić information content (AvgIpc) is 3.25. The zero-order valence-electron chi connectivity index (χ0n) is 22.2. The van der Waals surface area contributed by atoms with E-state index in [1.54, 1.807) is 0 Å². The van der Waals surface area contributed by atoms with Crippen LogP contribution in [0.4, 0.5) is 0 Å². The third-order valence-corrected chi connectivity index (χ3v) is 8.90. The molecule has 0 saturated carbocycles. The van der Waals surface area contributed by atoms with E-state index in [4.69, 9.17) is 0 Å². The van der Waals surface area contributed by atoms with Crippen LogP contribution >= 0.6 is 31.9 Å². The molecule has 0 spiro atoms. The minimum absolute atomic E-state index is 0.0302. The molecule has 39 heavy (non-hydrogen) atoms. The highest BCUT2D eigenvalue weighted by Gasteiger charge is 2.22. The van der Waals surface area contributed by atoms with Crippen molar-refractivity contribution in [2.45, 2.75) is 46.1 Å². The largest absolute Gasteiger partial charge is 0.340 e. The van der Waals surface area contributed by atoms with Crippen LogP contribution in [0, 0.1) is 5.92 Å². The number of hydrogen-bond donors (Lipinski definition) is 0. The molecule has 0 bridgehead atoms. The van der Waals surface area contributed by atoms with Crippen molar-refractivity contribution >= 4 is 65.2 Å². The summed E-state index contributed by atoms with van der Waals surface area (Å²) >= 11 is 7.43. The Morgan fingerprint density at radius 3 is 1.59 bits per heavy atom. The first-order valence-electron chi connectivity index (χ1n) is 13.6. The van der Waals surface area contributed by atoms with Gasteiger partial charge in [-0.1, -0.05) is 93.8 Å². The van der Waals surface area contributed by atoms with Crippen LogP contribution in [0.25, 0.3) is 21.8 Å². The predicted molar refractivity (Wildman–Crippen MR) is 168 cm³/mol. The lowest BCUT2D eigenvalue weighted by Gasteiger charge is -2.18. The molecule has 0 aliphatic carbocycles. The van der Waals surface area contributed by atoms with Crippen molar-refractivity contribution in [3.05, 3.63) is 116 Å². The lowest BCUT2D eigenvalue weighted by atomic mass is 9.99. The normalized spacial score (nSPS) is 12.2. The molecule has 5 heteroatoms. The molecule has 0 amide bonds. The molecular weight excluding hydrogens is 614 g/mol. The molecule has 5 aromatic rings. The van der Waals surface area contributed by atoms with Crippen molar-refractivity contribution in [1.29, 1.82) is 0 Å². The summed E-state index contributed by atoms with van der Waals surface area (Å²) in [5, 5.41) is 1.96. The molecule has 0 aliphatic rings. The Bertz CT molecular complexity index is 1540.